The molecule has 2 aliphatic rings. The van der Waals surface area contributed by atoms with E-state index in [1.54, 1.807) is 29.2 Å². The number of carbonyl (C=O) groups excluding carboxylic acids is 1. The molecule has 0 spiro atoms. The second-order valence-corrected chi connectivity index (χ2v) is 11.3. The van der Waals surface area contributed by atoms with Crippen LogP contribution in [0.2, 0.25) is 0 Å². The minimum absolute atomic E-state index is 0.0794. The Morgan fingerprint density at radius 2 is 1.93 bits per heavy atom. The highest BCUT2D eigenvalue weighted by atomic mass is 19.3. The van der Waals surface area contributed by atoms with Crippen LogP contribution in [0.5, 0.6) is 5.75 Å². The van der Waals surface area contributed by atoms with Crippen LogP contribution < -0.4 is 4.74 Å². The summed E-state index contributed by atoms with van der Waals surface area (Å²) in [7, 11) is 1.46. The molecule has 5 aromatic rings. The lowest BCUT2D eigenvalue weighted by Gasteiger charge is -2.45. The summed E-state index contributed by atoms with van der Waals surface area (Å²) in [6, 6.07) is 13.5. The molecular formula is C31H29F3N8O2. The standard InChI is InChI=1S/C31H29F3N8O2/c1-44-28-4-2-3-24(32)23(28)15-40-14-20(5-8-27(40)30(43)41-17-31(33,34)18-41)26-16-42(39-37-26)21-6-7-25-22(13-21)29(38-36-25)19-9-11-35-12-10-19/h2-4,6-7,9-13,16,20,27H,5,8,14-15,17-18H2,1H3,(H,36,38)/t20-,27+/m1/s1. The van der Waals surface area contributed by atoms with Gasteiger partial charge >= 0.3 is 0 Å². The van der Waals surface area contributed by atoms with Gasteiger partial charge in [0.05, 0.1) is 49.3 Å². The summed E-state index contributed by atoms with van der Waals surface area (Å²) >= 11 is 0. The number of alkyl halides is 2. The normalized spacial score (nSPS) is 20.0. The Kier molecular flexibility index (Phi) is 7.04. The maximum atomic E-state index is 15.0. The first kappa shape index (κ1) is 28.0. The molecule has 0 saturated carbocycles. The van der Waals surface area contributed by atoms with Gasteiger partial charge in [-0.05, 0) is 55.3 Å². The number of nitrogens with one attached hydrogen (secondary N) is 1. The van der Waals surface area contributed by atoms with E-state index >= 15 is 0 Å². The third kappa shape index (κ3) is 5.17. The van der Waals surface area contributed by atoms with Crippen LogP contribution in [0, 0.1) is 5.82 Å². The number of aromatic amines is 1. The molecule has 10 nitrogen and oxygen atoms in total. The highest BCUT2D eigenvalue weighted by Crippen LogP contribution is 2.36. The Morgan fingerprint density at radius 1 is 1.11 bits per heavy atom. The first-order valence-corrected chi connectivity index (χ1v) is 14.3. The van der Waals surface area contributed by atoms with Crippen molar-refractivity contribution >= 4 is 16.8 Å². The van der Waals surface area contributed by atoms with Gasteiger partial charge in [-0.15, -0.1) is 5.10 Å². The van der Waals surface area contributed by atoms with Gasteiger partial charge in [-0.1, -0.05) is 11.3 Å². The van der Waals surface area contributed by atoms with Crippen LogP contribution in [0.3, 0.4) is 0 Å². The molecule has 0 radical (unpaired) electrons. The molecule has 1 N–H and O–H groups in total. The van der Waals surface area contributed by atoms with Crippen molar-refractivity contribution in [3.63, 3.8) is 0 Å². The predicted octanol–water partition coefficient (Wildman–Crippen LogP) is 4.58. The zero-order chi connectivity index (χ0) is 30.4. The Hall–Kier alpha value is -4.78. The average molecular weight is 603 g/mol. The average Bonchev–Trinajstić information content (AvgIpc) is 3.68. The number of methoxy groups -OCH3 is 1. The number of H-pyrrole nitrogens is 1. The molecule has 7 rings (SSSR count). The molecule has 3 aromatic heterocycles. The van der Waals surface area contributed by atoms with Gasteiger partial charge in [-0.25, -0.2) is 17.9 Å². The minimum Gasteiger partial charge on any atom is -0.496 e. The van der Waals surface area contributed by atoms with E-state index in [9.17, 15) is 18.0 Å². The summed E-state index contributed by atoms with van der Waals surface area (Å²) in [5.74, 6) is -3.45. The summed E-state index contributed by atoms with van der Waals surface area (Å²) in [6.07, 6.45) is 6.30. The summed E-state index contributed by atoms with van der Waals surface area (Å²) in [5.41, 5.74) is 4.43. The number of likely N-dealkylation sites (tertiary alicyclic amines) is 2. The molecule has 2 aromatic carbocycles. The predicted molar refractivity (Wildman–Crippen MR) is 155 cm³/mol. The third-order valence-electron chi connectivity index (χ3n) is 8.48. The van der Waals surface area contributed by atoms with Crippen molar-refractivity contribution in [2.24, 2.45) is 0 Å². The number of pyridine rings is 1. The van der Waals surface area contributed by atoms with E-state index < -0.39 is 30.9 Å². The number of nitrogens with zero attached hydrogens (tertiary/aromatic N) is 7. The fraction of sp³-hybridized carbons (Fsp3) is 0.323. The zero-order valence-electron chi connectivity index (χ0n) is 23.8. The Labute approximate surface area is 250 Å². The Bertz CT molecular complexity index is 1820. The van der Waals surface area contributed by atoms with E-state index in [1.807, 2.05) is 41.4 Å². The second kappa shape index (κ2) is 11.1. The number of benzene rings is 2. The molecule has 2 fully saturated rings. The summed E-state index contributed by atoms with van der Waals surface area (Å²) in [6.45, 7) is -0.749. The Morgan fingerprint density at radius 3 is 2.70 bits per heavy atom. The fourth-order valence-electron chi connectivity index (χ4n) is 6.17. The number of rotatable bonds is 7. The highest BCUT2D eigenvalue weighted by molar-refractivity contribution is 5.94. The smallest absolute Gasteiger partial charge is 0.282 e. The van der Waals surface area contributed by atoms with Gasteiger partial charge in [-0.2, -0.15) is 5.10 Å². The van der Waals surface area contributed by atoms with E-state index in [0.717, 1.165) is 33.5 Å². The molecule has 5 heterocycles. The quantitative estimate of drug-likeness (QED) is 0.291. The van der Waals surface area contributed by atoms with Crippen molar-refractivity contribution in [1.29, 1.82) is 0 Å². The van der Waals surface area contributed by atoms with Crippen LogP contribution in [0.15, 0.2) is 67.1 Å². The van der Waals surface area contributed by atoms with E-state index in [2.05, 4.69) is 25.5 Å². The van der Waals surface area contributed by atoms with Gasteiger partial charge in [-0.3, -0.25) is 19.8 Å². The zero-order valence-corrected chi connectivity index (χ0v) is 23.8. The molecule has 0 aliphatic carbocycles. The summed E-state index contributed by atoms with van der Waals surface area (Å²) < 4.78 is 49.3. The maximum absolute atomic E-state index is 15.0. The lowest BCUT2D eigenvalue weighted by molar-refractivity contribution is -0.172. The molecule has 1 amide bonds. The van der Waals surface area contributed by atoms with Gasteiger partial charge in [0, 0.05) is 47.9 Å². The number of amides is 1. The van der Waals surface area contributed by atoms with Crippen LogP contribution in [-0.4, -0.2) is 84.6 Å². The SMILES string of the molecule is COc1cccc(F)c1CN1C[C@H](c2cn(-c3ccc4[nH]nc(-c5ccncc5)c4c3)nn2)CC[C@H]1C(=O)N1CC(F)(F)C1. The van der Waals surface area contributed by atoms with Crippen molar-refractivity contribution in [3.8, 4) is 22.7 Å². The van der Waals surface area contributed by atoms with Crippen molar-refractivity contribution in [3.05, 3.63) is 84.2 Å². The highest BCUT2D eigenvalue weighted by Gasteiger charge is 2.49. The largest absolute Gasteiger partial charge is 0.496 e. The van der Waals surface area contributed by atoms with Crippen molar-refractivity contribution in [2.75, 3.05) is 26.7 Å². The molecule has 0 bridgehead atoms. The Balaban J connectivity index is 1.15. The second-order valence-electron chi connectivity index (χ2n) is 11.3. The number of hydrogen-bond donors (Lipinski definition) is 1. The number of aromatic nitrogens is 6. The molecule has 2 atom stereocenters. The number of fused-ring (bicyclic) bond motifs is 1. The van der Waals surface area contributed by atoms with Crippen LogP contribution in [-0.2, 0) is 11.3 Å². The van der Waals surface area contributed by atoms with Crippen molar-refractivity contribution in [1.82, 2.24) is 40.0 Å². The molecule has 226 valence electrons. The first-order chi connectivity index (χ1) is 21.3. The molecular weight excluding hydrogens is 573 g/mol. The van der Waals surface area contributed by atoms with Gasteiger partial charge in [0.15, 0.2) is 0 Å². The minimum atomic E-state index is -2.87. The van der Waals surface area contributed by atoms with E-state index in [4.69, 9.17) is 4.74 Å². The van der Waals surface area contributed by atoms with Crippen molar-refractivity contribution < 1.29 is 22.7 Å². The van der Waals surface area contributed by atoms with Gasteiger partial charge in [0.1, 0.15) is 17.3 Å². The number of halogens is 3. The number of carbonyl (C=O) groups is 1. The van der Waals surface area contributed by atoms with Gasteiger partial charge < -0.3 is 9.64 Å². The summed E-state index contributed by atoms with van der Waals surface area (Å²) in [4.78, 5) is 20.5. The maximum Gasteiger partial charge on any atom is 0.282 e. The van der Waals surface area contributed by atoms with Gasteiger partial charge in [0.25, 0.3) is 5.92 Å². The van der Waals surface area contributed by atoms with Crippen molar-refractivity contribution in [2.45, 2.75) is 37.3 Å². The van der Waals surface area contributed by atoms with E-state index in [1.165, 1.54) is 18.1 Å². The third-order valence-corrected chi connectivity index (χ3v) is 8.48. The number of hydrogen-bond acceptors (Lipinski definition) is 7. The van der Waals surface area contributed by atoms with Crippen LogP contribution >= 0.6 is 0 Å². The van der Waals surface area contributed by atoms with Gasteiger partial charge in [0.2, 0.25) is 5.91 Å². The van der Waals surface area contributed by atoms with Crippen LogP contribution in [0.25, 0.3) is 27.8 Å². The molecule has 44 heavy (non-hydrogen) atoms. The topological polar surface area (TPSA) is 105 Å². The molecule has 13 heteroatoms. The number of ether oxygens (including phenoxy) is 1. The fourth-order valence-corrected chi connectivity index (χ4v) is 6.17. The lowest BCUT2D eigenvalue weighted by Crippen LogP contribution is -2.63. The monoisotopic (exact) mass is 602 g/mol. The van der Waals surface area contributed by atoms with Crippen LogP contribution in [0.1, 0.15) is 30.0 Å². The van der Waals surface area contributed by atoms with E-state index in [-0.39, 0.29) is 18.4 Å². The first-order valence-electron chi connectivity index (χ1n) is 14.3. The molecule has 2 aliphatic heterocycles. The molecule has 2 saturated heterocycles. The van der Waals surface area contributed by atoms with E-state index in [0.29, 0.717) is 30.7 Å². The summed E-state index contributed by atoms with van der Waals surface area (Å²) in [5, 5.41) is 17.3. The molecule has 0 unspecified atom stereocenters. The lowest BCUT2D eigenvalue weighted by atomic mass is 9.89. The van der Waals surface area contributed by atoms with Crippen LogP contribution in [0.4, 0.5) is 13.2 Å². The number of piperidine rings is 1.